The van der Waals surface area contributed by atoms with Gasteiger partial charge in [-0.2, -0.15) is 13.2 Å². The van der Waals surface area contributed by atoms with Gasteiger partial charge in [0.1, 0.15) is 11.4 Å². The summed E-state index contributed by atoms with van der Waals surface area (Å²) in [5.41, 5.74) is 0.350. The number of amides is 1. The molecule has 1 aliphatic heterocycles. The molecule has 1 amide bonds. The molecule has 1 aliphatic rings. The number of nitrogens with zero attached hydrogens (tertiary/aromatic N) is 3. The lowest BCUT2D eigenvalue weighted by Crippen LogP contribution is -2.17. The Kier molecular flexibility index (Phi) is 5.81. The summed E-state index contributed by atoms with van der Waals surface area (Å²) in [7, 11) is 0. The van der Waals surface area contributed by atoms with Crippen LogP contribution in [0.25, 0.3) is 5.65 Å². The zero-order valence-electron chi connectivity index (χ0n) is 16.8. The number of hydrogen-bond donors (Lipinski definition) is 1. The number of fused-ring (bicyclic) bond motifs is 1. The largest absolute Gasteiger partial charge is 0.490 e. The highest BCUT2D eigenvalue weighted by Gasteiger charge is 2.33. The summed E-state index contributed by atoms with van der Waals surface area (Å²) in [6.07, 6.45) is 0.799. The molecule has 164 valence electrons. The van der Waals surface area contributed by atoms with Crippen molar-refractivity contribution in [2.24, 2.45) is 0 Å². The Bertz CT molecular complexity index is 1090. The van der Waals surface area contributed by atoms with Gasteiger partial charge in [-0.3, -0.25) is 4.79 Å². The van der Waals surface area contributed by atoms with Gasteiger partial charge >= 0.3 is 6.18 Å². The molecule has 1 saturated heterocycles. The van der Waals surface area contributed by atoms with Crippen LogP contribution in [0.2, 0.25) is 0 Å². The molecule has 0 spiro atoms. The molecule has 1 unspecified atom stereocenters. The average Bonchev–Trinajstić information content (AvgIpc) is 3.18. The number of ether oxygens (including phenoxy) is 2. The van der Waals surface area contributed by atoms with E-state index in [0.29, 0.717) is 30.3 Å². The SMILES string of the molecule is CCOc1cc(NC(=O)c2cccc(C(F)(F)F)n2)cn2cc(C3CCCOC3)nc12. The van der Waals surface area contributed by atoms with Crippen molar-refractivity contribution in [2.45, 2.75) is 31.9 Å². The van der Waals surface area contributed by atoms with Crippen molar-refractivity contribution in [3.8, 4) is 5.75 Å². The summed E-state index contributed by atoms with van der Waals surface area (Å²) in [6, 6.07) is 4.79. The first-order valence-electron chi connectivity index (χ1n) is 9.94. The van der Waals surface area contributed by atoms with E-state index in [1.165, 1.54) is 6.07 Å². The number of carbonyl (C=O) groups is 1. The number of hydrogen-bond acceptors (Lipinski definition) is 5. The van der Waals surface area contributed by atoms with E-state index in [1.807, 2.05) is 13.1 Å². The van der Waals surface area contributed by atoms with Crippen LogP contribution in [0, 0.1) is 0 Å². The highest BCUT2D eigenvalue weighted by molar-refractivity contribution is 6.03. The highest BCUT2D eigenvalue weighted by Crippen LogP contribution is 2.30. The number of carbonyl (C=O) groups excluding carboxylic acids is 1. The molecule has 3 aromatic heterocycles. The molecule has 1 fully saturated rings. The third-order valence-electron chi connectivity index (χ3n) is 4.94. The first kappa shape index (κ1) is 21.1. The molecule has 1 N–H and O–H groups in total. The Balaban J connectivity index is 1.63. The summed E-state index contributed by atoms with van der Waals surface area (Å²) in [5, 5.41) is 2.59. The third kappa shape index (κ3) is 4.63. The molecule has 10 heteroatoms. The van der Waals surface area contributed by atoms with E-state index in [2.05, 4.69) is 15.3 Å². The van der Waals surface area contributed by atoms with Crippen molar-refractivity contribution < 1.29 is 27.4 Å². The Hall–Kier alpha value is -3.14. The number of anilines is 1. The Morgan fingerprint density at radius 1 is 1.32 bits per heavy atom. The van der Waals surface area contributed by atoms with Crippen LogP contribution in [0.15, 0.2) is 36.7 Å². The van der Waals surface area contributed by atoms with Crippen LogP contribution in [0.5, 0.6) is 5.75 Å². The van der Waals surface area contributed by atoms with Crippen LogP contribution in [0.1, 0.15) is 47.6 Å². The molecule has 4 heterocycles. The number of alkyl halides is 3. The fourth-order valence-electron chi connectivity index (χ4n) is 3.50. The lowest BCUT2D eigenvalue weighted by atomic mass is 9.99. The Labute approximate surface area is 176 Å². The predicted octanol–water partition coefficient (Wildman–Crippen LogP) is 4.29. The Morgan fingerprint density at radius 3 is 2.87 bits per heavy atom. The predicted molar refractivity (Wildman–Crippen MR) is 106 cm³/mol. The molecule has 3 aromatic rings. The van der Waals surface area contributed by atoms with E-state index in [4.69, 9.17) is 9.47 Å². The zero-order valence-corrected chi connectivity index (χ0v) is 16.8. The number of imidazole rings is 1. The lowest BCUT2D eigenvalue weighted by Gasteiger charge is -2.19. The molecule has 7 nitrogen and oxygen atoms in total. The van der Waals surface area contributed by atoms with E-state index in [0.717, 1.165) is 37.3 Å². The minimum absolute atomic E-state index is 0.176. The van der Waals surface area contributed by atoms with Gasteiger partial charge in [0.05, 0.1) is 24.6 Å². The van der Waals surface area contributed by atoms with Crippen molar-refractivity contribution in [3.05, 3.63) is 53.7 Å². The normalized spacial score (nSPS) is 17.0. The smallest absolute Gasteiger partial charge is 0.433 e. The van der Waals surface area contributed by atoms with Crippen LogP contribution >= 0.6 is 0 Å². The van der Waals surface area contributed by atoms with Gasteiger partial charge in [-0.25, -0.2) is 9.97 Å². The number of nitrogens with one attached hydrogen (secondary N) is 1. The maximum absolute atomic E-state index is 12.9. The lowest BCUT2D eigenvalue weighted by molar-refractivity contribution is -0.141. The minimum atomic E-state index is -4.63. The molecule has 0 aliphatic carbocycles. The van der Waals surface area contributed by atoms with E-state index >= 15 is 0 Å². The van der Waals surface area contributed by atoms with Crippen molar-refractivity contribution in [3.63, 3.8) is 0 Å². The van der Waals surface area contributed by atoms with Crippen LogP contribution in [-0.2, 0) is 10.9 Å². The summed E-state index contributed by atoms with van der Waals surface area (Å²) in [5.74, 6) is -0.121. The van der Waals surface area contributed by atoms with Gasteiger partial charge in [0.2, 0.25) is 0 Å². The van der Waals surface area contributed by atoms with Crippen LogP contribution < -0.4 is 10.1 Å². The van der Waals surface area contributed by atoms with E-state index in [-0.39, 0.29) is 11.6 Å². The molecular weight excluding hydrogens is 413 g/mol. The minimum Gasteiger partial charge on any atom is -0.490 e. The van der Waals surface area contributed by atoms with Crippen molar-refractivity contribution in [2.75, 3.05) is 25.1 Å². The van der Waals surface area contributed by atoms with E-state index in [1.54, 1.807) is 16.7 Å². The second-order valence-corrected chi connectivity index (χ2v) is 7.20. The van der Waals surface area contributed by atoms with Gasteiger partial charge in [0.15, 0.2) is 11.4 Å². The van der Waals surface area contributed by atoms with E-state index in [9.17, 15) is 18.0 Å². The van der Waals surface area contributed by atoms with Gasteiger partial charge in [0.25, 0.3) is 5.91 Å². The summed E-state index contributed by atoms with van der Waals surface area (Å²) < 4.78 is 51.7. The first-order valence-corrected chi connectivity index (χ1v) is 9.94. The summed E-state index contributed by atoms with van der Waals surface area (Å²) in [4.78, 5) is 20.6. The molecule has 31 heavy (non-hydrogen) atoms. The van der Waals surface area contributed by atoms with Gasteiger partial charge in [0, 0.05) is 31.0 Å². The third-order valence-corrected chi connectivity index (χ3v) is 4.94. The number of halogens is 3. The monoisotopic (exact) mass is 434 g/mol. The molecule has 4 rings (SSSR count). The quantitative estimate of drug-likeness (QED) is 0.648. The first-order chi connectivity index (χ1) is 14.8. The average molecular weight is 434 g/mol. The van der Waals surface area contributed by atoms with Gasteiger partial charge in [-0.05, 0) is 31.9 Å². The zero-order chi connectivity index (χ0) is 22.0. The van der Waals surface area contributed by atoms with Crippen LogP contribution in [0.4, 0.5) is 18.9 Å². The van der Waals surface area contributed by atoms with Crippen molar-refractivity contribution >= 4 is 17.2 Å². The molecular formula is C21H21F3N4O3. The van der Waals surface area contributed by atoms with E-state index < -0.39 is 17.8 Å². The second-order valence-electron chi connectivity index (χ2n) is 7.20. The van der Waals surface area contributed by atoms with Crippen LogP contribution in [0.3, 0.4) is 0 Å². The van der Waals surface area contributed by atoms with Gasteiger partial charge in [-0.1, -0.05) is 6.07 Å². The summed E-state index contributed by atoms with van der Waals surface area (Å²) >= 11 is 0. The van der Waals surface area contributed by atoms with Crippen molar-refractivity contribution in [1.82, 2.24) is 14.4 Å². The standard InChI is InChI=1S/C21H21F3N4O3/c1-2-31-17-9-14(25-20(29)15-6-3-7-18(26-15)21(22,23)24)10-28-11-16(27-19(17)28)13-5-4-8-30-12-13/h3,6-7,9-11,13H,2,4-5,8,12H2,1H3,(H,25,29). The molecule has 0 radical (unpaired) electrons. The maximum atomic E-state index is 12.9. The fraction of sp³-hybridized carbons (Fsp3) is 0.381. The highest BCUT2D eigenvalue weighted by atomic mass is 19.4. The number of pyridine rings is 2. The maximum Gasteiger partial charge on any atom is 0.433 e. The topological polar surface area (TPSA) is 77.8 Å². The molecule has 0 aromatic carbocycles. The summed E-state index contributed by atoms with van der Waals surface area (Å²) in [6.45, 7) is 3.55. The fourth-order valence-corrected chi connectivity index (χ4v) is 3.50. The van der Waals surface area contributed by atoms with Gasteiger partial charge in [-0.15, -0.1) is 0 Å². The molecule has 1 atom stereocenters. The second kappa shape index (κ2) is 8.54. The van der Waals surface area contributed by atoms with Gasteiger partial charge < -0.3 is 19.2 Å². The molecule has 0 bridgehead atoms. The number of rotatable bonds is 5. The number of aromatic nitrogens is 3. The van der Waals surface area contributed by atoms with Crippen LogP contribution in [-0.4, -0.2) is 40.1 Å². The van der Waals surface area contributed by atoms with Crippen molar-refractivity contribution in [1.29, 1.82) is 0 Å². The molecule has 0 saturated carbocycles. The Morgan fingerprint density at radius 2 is 2.16 bits per heavy atom.